The van der Waals surface area contributed by atoms with E-state index in [2.05, 4.69) is 30.5 Å². The first kappa shape index (κ1) is 12.8. The van der Waals surface area contributed by atoms with Crippen LogP contribution in [0.4, 0.5) is 5.95 Å². The molecule has 0 aliphatic rings. The smallest absolute Gasteiger partial charge is 0.271 e. The number of aromatic nitrogens is 6. The minimum Gasteiger partial charge on any atom is -0.492 e. The first-order valence-electron chi connectivity index (χ1n) is 6.10. The number of aromatic amines is 1. The van der Waals surface area contributed by atoms with Crippen LogP contribution >= 0.6 is 0 Å². The van der Waals surface area contributed by atoms with Crippen LogP contribution in [0.5, 0.6) is 5.88 Å². The molecule has 0 atom stereocenters. The summed E-state index contributed by atoms with van der Waals surface area (Å²) in [6.07, 6.45) is 3.07. The van der Waals surface area contributed by atoms with Crippen molar-refractivity contribution in [3.63, 3.8) is 0 Å². The van der Waals surface area contributed by atoms with Crippen LogP contribution in [0.1, 0.15) is 10.5 Å². The maximum atomic E-state index is 11.7. The molecule has 21 heavy (non-hydrogen) atoms. The van der Waals surface area contributed by atoms with E-state index in [4.69, 9.17) is 5.73 Å². The lowest BCUT2D eigenvalue weighted by molar-refractivity contribution is 0.0947. The summed E-state index contributed by atoms with van der Waals surface area (Å²) in [5.74, 6) is -0.586. The number of aromatic hydroxyl groups is 1. The molecule has 0 aliphatic heterocycles. The van der Waals surface area contributed by atoms with Crippen LogP contribution in [0.15, 0.2) is 18.6 Å². The Morgan fingerprint density at radius 3 is 3.10 bits per heavy atom. The van der Waals surface area contributed by atoms with Gasteiger partial charge in [0.05, 0.1) is 6.33 Å². The Hall–Kier alpha value is -3.17. The van der Waals surface area contributed by atoms with E-state index in [1.807, 2.05) is 0 Å². The minimum absolute atomic E-state index is 0.0395. The molecule has 0 aromatic carbocycles. The van der Waals surface area contributed by atoms with E-state index in [9.17, 15) is 9.90 Å². The Balaban J connectivity index is 1.70. The molecule has 108 valence electrons. The highest BCUT2D eigenvalue weighted by Crippen LogP contribution is 2.19. The number of anilines is 1. The Labute approximate surface area is 118 Å². The lowest BCUT2D eigenvalue weighted by Crippen LogP contribution is -2.27. The number of nitrogens with zero attached hydrogens (tertiary/aromatic N) is 5. The van der Waals surface area contributed by atoms with Crippen molar-refractivity contribution in [1.82, 2.24) is 35.0 Å². The van der Waals surface area contributed by atoms with E-state index < -0.39 is 0 Å². The number of nitrogen functional groups attached to an aromatic ring is 1. The van der Waals surface area contributed by atoms with Gasteiger partial charge in [-0.15, -0.1) is 0 Å². The Morgan fingerprint density at radius 2 is 2.33 bits per heavy atom. The molecule has 1 amide bonds. The third kappa shape index (κ3) is 2.45. The first-order chi connectivity index (χ1) is 10.1. The number of nitrogens with two attached hydrogens (primary N) is 1. The van der Waals surface area contributed by atoms with Crippen LogP contribution in [-0.2, 0) is 6.54 Å². The number of carbonyl (C=O) groups excluding carboxylic acids is 1. The van der Waals surface area contributed by atoms with Crippen molar-refractivity contribution in [1.29, 1.82) is 0 Å². The van der Waals surface area contributed by atoms with Crippen LogP contribution in [-0.4, -0.2) is 47.3 Å². The second-order valence-corrected chi connectivity index (χ2v) is 4.23. The summed E-state index contributed by atoms with van der Waals surface area (Å²) in [4.78, 5) is 23.4. The van der Waals surface area contributed by atoms with Crippen LogP contribution in [0.2, 0.25) is 0 Å². The zero-order valence-corrected chi connectivity index (χ0v) is 10.8. The van der Waals surface area contributed by atoms with Crippen LogP contribution in [0.25, 0.3) is 11.2 Å². The van der Waals surface area contributed by atoms with Gasteiger partial charge in [0.1, 0.15) is 5.69 Å². The van der Waals surface area contributed by atoms with Crippen molar-refractivity contribution < 1.29 is 9.90 Å². The molecule has 0 radical (unpaired) electrons. The molecule has 0 saturated carbocycles. The van der Waals surface area contributed by atoms with Crippen molar-refractivity contribution in [2.75, 3.05) is 12.3 Å². The van der Waals surface area contributed by atoms with Gasteiger partial charge >= 0.3 is 0 Å². The highest BCUT2D eigenvalue weighted by atomic mass is 16.3. The lowest BCUT2D eigenvalue weighted by Gasteiger charge is -2.05. The van der Waals surface area contributed by atoms with E-state index in [0.29, 0.717) is 24.4 Å². The van der Waals surface area contributed by atoms with Crippen molar-refractivity contribution in [2.45, 2.75) is 6.54 Å². The molecular formula is C11H12N8O2. The standard InChI is InChI=1S/C11H12N8O2/c12-11-16-8-7(10(21)17-11)14-5-19(8)4-3-13-9(20)6-1-2-15-18-6/h1-2,5H,3-4H2,(H,13,20)(H,15,18)(H3,12,16,17,21). The molecule has 5 N–H and O–H groups in total. The number of nitrogens with one attached hydrogen (secondary N) is 2. The molecule has 0 unspecified atom stereocenters. The Morgan fingerprint density at radius 1 is 1.48 bits per heavy atom. The fraction of sp³-hybridized carbons (Fsp3) is 0.182. The van der Waals surface area contributed by atoms with Gasteiger partial charge in [0.15, 0.2) is 11.2 Å². The maximum absolute atomic E-state index is 11.7. The summed E-state index contributed by atoms with van der Waals surface area (Å²) in [5, 5.41) is 18.7. The topological polar surface area (TPSA) is 148 Å². The average Bonchev–Trinajstić information content (AvgIpc) is 3.08. The van der Waals surface area contributed by atoms with E-state index in [0.717, 1.165) is 0 Å². The normalized spacial score (nSPS) is 10.9. The maximum Gasteiger partial charge on any atom is 0.271 e. The van der Waals surface area contributed by atoms with Crippen LogP contribution < -0.4 is 11.1 Å². The van der Waals surface area contributed by atoms with Gasteiger partial charge in [-0.3, -0.25) is 9.89 Å². The second kappa shape index (κ2) is 5.07. The van der Waals surface area contributed by atoms with E-state index >= 15 is 0 Å². The summed E-state index contributed by atoms with van der Waals surface area (Å²) in [5.41, 5.74) is 6.48. The second-order valence-electron chi connectivity index (χ2n) is 4.23. The van der Waals surface area contributed by atoms with E-state index in [1.54, 1.807) is 16.8 Å². The fourth-order valence-corrected chi connectivity index (χ4v) is 1.88. The van der Waals surface area contributed by atoms with Crippen LogP contribution in [0.3, 0.4) is 0 Å². The zero-order valence-electron chi connectivity index (χ0n) is 10.8. The number of carbonyl (C=O) groups is 1. The van der Waals surface area contributed by atoms with Gasteiger partial charge in [0.25, 0.3) is 5.91 Å². The molecule has 3 rings (SSSR count). The number of hydrogen-bond acceptors (Lipinski definition) is 7. The first-order valence-corrected chi connectivity index (χ1v) is 6.10. The third-order valence-corrected chi connectivity index (χ3v) is 2.83. The molecule has 0 aliphatic carbocycles. The van der Waals surface area contributed by atoms with Gasteiger partial charge in [-0.25, -0.2) is 4.98 Å². The molecule has 0 fully saturated rings. The highest BCUT2D eigenvalue weighted by molar-refractivity contribution is 5.92. The molecule has 0 saturated heterocycles. The largest absolute Gasteiger partial charge is 0.492 e. The summed E-state index contributed by atoms with van der Waals surface area (Å²) in [6, 6.07) is 1.58. The SMILES string of the molecule is Nc1nc(O)c2ncn(CCNC(=O)c3cc[nH]n3)c2n1. The van der Waals surface area contributed by atoms with Crippen molar-refractivity contribution in [2.24, 2.45) is 0 Å². The average molecular weight is 288 g/mol. The summed E-state index contributed by atoms with van der Waals surface area (Å²) >= 11 is 0. The van der Waals surface area contributed by atoms with Crippen LogP contribution in [0, 0.1) is 0 Å². The van der Waals surface area contributed by atoms with Gasteiger partial charge < -0.3 is 20.7 Å². The Kier molecular flexibility index (Phi) is 3.10. The fourth-order valence-electron chi connectivity index (χ4n) is 1.88. The molecule has 3 heterocycles. The molecule has 10 nitrogen and oxygen atoms in total. The number of rotatable bonds is 4. The minimum atomic E-state index is -0.280. The summed E-state index contributed by atoms with van der Waals surface area (Å²) in [6.45, 7) is 0.768. The van der Waals surface area contributed by atoms with Gasteiger partial charge in [0.2, 0.25) is 11.8 Å². The highest BCUT2D eigenvalue weighted by Gasteiger charge is 2.12. The molecule has 0 spiro atoms. The summed E-state index contributed by atoms with van der Waals surface area (Å²) < 4.78 is 1.66. The third-order valence-electron chi connectivity index (χ3n) is 2.83. The van der Waals surface area contributed by atoms with Crippen molar-refractivity contribution in [3.05, 3.63) is 24.3 Å². The molecule has 0 bridgehead atoms. The van der Waals surface area contributed by atoms with Gasteiger partial charge in [-0.05, 0) is 6.07 Å². The zero-order chi connectivity index (χ0) is 14.8. The molecule has 3 aromatic heterocycles. The summed E-state index contributed by atoms with van der Waals surface area (Å²) in [7, 11) is 0. The quantitative estimate of drug-likeness (QED) is 0.494. The number of imidazole rings is 1. The lowest BCUT2D eigenvalue weighted by atomic mass is 10.4. The number of hydrogen-bond donors (Lipinski definition) is 4. The number of amides is 1. The van der Waals surface area contributed by atoms with Gasteiger partial charge in [-0.2, -0.15) is 15.1 Å². The van der Waals surface area contributed by atoms with Gasteiger partial charge in [-0.1, -0.05) is 0 Å². The molecule has 3 aromatic rings. The van der Waals surface area contributed by atoms with E-state index in [1.165, 1.54) is 6.33 Å². The van der Waals surface area contributed by atoms with E-state index in [-0.39, 0.29) is 23.3 Å². The Bertz CT molecular complexity index is 779. The number of H-pyrrole nitrogens is 1. The predicted octanol–water partition coefficient (Wildman–Crippen LogP) is -0.733. The van der Waals surface area contributed by atoms with Crippen molar-refractivity contribution >= 4 is 23.0 Å². The van der Waals surface area contributed by atoms with Gasteiger partial charge in [0, 0.05) is 19.3 Å². The van der Waals surface area contributed by atoms with Crippen molar-refractivity contribution in [3.8, 4) is 5.88 Å². The molecular weight excluding hydrogens is 276 g/mol. The predicted molar refractivity (Wildman–Crippen MR) is 72.3 cm³/mol. The number of fused-ring (bicyclic) bond motifs is 1. The molecule has 10 heteroatoms. The monoisotopic (exact) mass is 288 g/mol.